The van der Waals surface area contributed by atoms with Crippen LogP contribution in [0.4, 0.5) is 10.5 Å². The second-order valence-corrected chi connectivity index (χ2v) is 4.63. The van der Waals surface area contributed by atoms with Gasteiger partial charge in [0.1, 0.15) is 6.04 Å². The molecule has 1 rings (SSSR count). The highest BCUT2D eigenvalue weighted by atomic mass is 16.2. The van der Waals surface area contributed by atoms with Gasteiger partial charge in [0.25, 0.3) is 0 Å². The molecule has 0 fully saturated rings. The van der Waals surface area contributed by atoms with Gasteiger partial charge in [-0.05, 0) is 25.0 Å². The number of carbonyl (C=O) groups is 3. The SMILES string of the molecule is NC(=O)CCCCC(NC(=O)Nc1ccccc1)C(N)=O. The first-order valence-electron chi connectivity index (χ1n) is 6.69. The molecule has 7 nitrogen and oxygen atoms in total. The summed E-state index contributed by atoms with van der Waals surface area (Å²) < 4.78 is 0. The fourth-order valence-electron chi connectivity index (χ4n) is 1.78. The van der Waals surface area contributed by atoms with Crippen LogP contribution in [0.2, 0.25) is 0 Å². The second kappa shape index (κ2) is 8.57. The number of primary amides is 2. The smallest absolute Gasteiger partial charge is 0.319 e. The third-order valence-corrected chi connectivity index (χ3v) is 2.85. The van der Waals surface area contributed by atoms with Crippen LogP contribution in [-0.2, 0) is 9.59 Å². The van der Waals surface area contributed by atoms with E-state index in [1.165, 1.54) is 0 Å². The Labute approximate surface area is 123 Å². The fourth-order valence-corrected chi connectivity index (χ4v) is 1.78. The molecule has 1 aromatic carbocycles. The monoisotopic (exact) mass is 292 g/mol. The largest absolute Gasteiger partial charge is 0.370 e. The van der Waals surface area contributed by atoms with Crippen molar-refractivity contribution in [3.63, 3.8) is 0 Å². The average Bonchev–Trinajstić information content (AvgIpc) is 2.42. The zero-order chi connectivity index (χ0) is 15.7. The summed E-state index contributed by atoms with van der Waals surface area (Å²) >= 11 is 0. The lowest BCUT2D eigenvalue weighted by Gasteiger charge is -2.15. The molecule has 0 spiro atoms. The molecular formula is C14H20N4O3. The predicted molar refractivity (Wildman–Crippen MR) is 79.2 cm³/mol. The first-order valence-corrected chi connectivity index (χ1v) is 6.69. The van der Waals surface area contributed by atoms with E-state index in [4.69, 9.17) is 11.5 Å². The number of amides is 4. The average molecular weight is 292 g/mol. The lowest BCUT2D eigenvalue weighted by atomic mass is 10.1. The van der Waals surface area contributed by atoms with Gasteiger partial charge >= 0.3 is 6.03 Å². The van der Waals surface area contributed by atoms with Crippen LogP contribution in [0.1, 0.15) is 25.7 Å². The molecule has 0 aliphatic rings. The normalized spacial score (nSPS) is 11.4. The maximum absolute atomic E-state index is 11.8. The van der Waals surface area contributed by atoms with Crippen LogP contribution in [0.3, 0.4) is 0 Å². The minimum atomic E-state index is -0.776. The molecule has 0 aromatic heterocycles. The summed E-state index contributed by atoms with van der Waals surface area (Å²) in [4.78, 5) is 33.7. The van der Waals surface area contributed by atoms with Crippen LogP contribution in [-0.4, -0.2) is 23.9 Å². The van der Waals surface area contributed by atoms with Crippen molar-refractivity contribution in [3.05, 3.63) is 30.3 Å². The molecular weight excluding hydrogens is 272 g/mol. The molecule has 1 atom stereocenters. The predicted octanol–water partition coefficient (Wildman–Crippen LogP) is 0.708. The fraction of sp³-hybridized carbons (Fsp3) is 0.357. The summed E-state index contributed by atoms with van der Waals surface area (Å²) in [5, 5.41) is 5.12. The summed E-state index contributed by atoms with van der Waals surface area (Å²) in [5.41, 5.74) is 10.9. The number of anilines is 1. The van der Waals surface area contributed by atoms with Gasteiger partial charge in [-0.15, -0.1) is 0 Å². The van der Waals surface area contributed by atoms with Gasteiger partial charge in [0.2, 0.25) is 11.8 Å². The molecule has 0 bridgehead atoms. The van der Waals surface area contributed by atoms with E-state index in [0.717, 1.165) is 0 Å². The molecule has 1 aromatic rings. The number of rotatable bonds is 8. The van der Waals surface area contributed by atoms with E-state index < -0.39 is 18.0 Å². The van der Waals surface area contributed by atoms with E-state index in [2.05, 4.69) is 10.6 Å². The Hall–Kier alpha value is -2.57. The van der Waals surface area contributed by atoms with Crippen molar-refractivity contribution in [2.45, 2.75) is 31.7 Å². The Morgan fingerprint density at radius 2 is 1.71 bits per heavy atom. The Kier molecular flexibility index (Phi) is 6.73. The zero-order valence-corrected chi connectivity index (χ0v) is 11.7. The van der Waals surface area contributed by atoms with E-state index in [1.807, 2.05) is 6.07 Å². The number of para-hydroxylation sites is 1. The third-order valence-electron chi connectivity index (χ3n) is 2.85. The number of nitrogens with two attached hydrogens (primary N) is 2. The molecule has 1 unspecified atom stereocenters. The molecule has 0 heterocycles. The van der Waals surface area contributed by atoms with Crippen LogP contribution in [0.25, 0.3) is 0 Å². The van der Waals surface area contributed by atoms with Gasteiger partial charge < -0.3 is 22.1 Å². The topological polar surface area (TPSA) is 127 Å². The van der Waals surface area contributed by atoms with Crippen LogP contribution in [0, 0.1) is 0 Å². The van der Waals surface area contributed by atoms with E-state index in [1.54, 1.807) is 24.3 Å². The molecule has 114 valence electrons. The molecule has 6 N–H and O–H groups in total. The van der Waals surface area contributed by atoms with Crippen molar-refractivity contribution in [1.29, 1.82) is 0 Å². The highest BCUT2D eigenvalue weighted by molar-refractivity contribution is 5.93. The minimum absolute atomic E-state index is 0.252. The molecule has 0 saturated heterocycles. The Morgan fingerprint density at radius 3 is 2.29 bits per heavy atom. The van der Waals surface area contributed by atoms with Crippen molar-refractivity contribution >= 4 is 23.5 Å². The zero-order valence-electron chi connectivity index (χ0n) is 11.7. The van der Waals surface area contributed by atoms with Crippen molar-refractivity contribution in [3.8, 4) is 0 Å². The summed E-state index contributed by atoms with van der Waals surface area (Å²) in [6.07, 6.45) is 1.75. The summed E-state index contributed by atoms with van der Waals surface area (Å²) in [5.74, 6) is -1.00. The molecule has 0 saturated carbocycles. The highest BCUT2D eigenvalue weighted by Gasteiger charge is 2.17. The Morgan fingerprint density at radius 1 is 1.05 bits per heavy atom. The van der Waals surface area contributed by atoms with Crippen LogP contribution >= 0.6 is 0 Å². The number of benzene rings is 1. The number of unbranched alkanes of at least 4 members (excludes halogenated alkanes) is 1. The van der Waals surface area contributed by atoms with Gasteiger partial charge in [-0.1, -0.05) is 24.6 Å². The Balaban J connectivity index is 2.41. The van der Waals surface area contributed by atoms with Gasteiger partial charge in [0.15, 0.2) is 0 Å². The summed E-state index contributed by atoms with van der Waals surface area (Å²) in [6, 6.07) is 7.57. The Bertz CT molecular complexity index is 490. The summed E-state index contributed by atoms with van der Waals surface area (Å²) in [7, 11) is 0. The molecule has 0 aliphatic heterocycles. The lowest BCUT2D eigenvalue weighted by Crippen LogP contribution is -2.46. The minimum Gasteiger partial charge on any atom is -0.370 e. The highest BCUT2D eigenvalue weighted by Crippen LogP contribution is 2.06. The second-order valence-electron chi connectivity index (χ2n) is 4.63. The summed E-state index contributed by atoms with van der Waals surface area (Å²) in [6.45, 7) is 0. The molecule has 21 heavy (non-hydrogen) atoms. The number of nitrogens with one attached hydrogen (secondary N) is 2. The maximum atomic E-state index is 11.8. The van der Waals surface area contributed by atoms with E-state index in [-0.39, 0.29) is 12.3 Å². The van der Waals surface area contributed by atoms with Crippen molar-refractivity contribution < 1.29 is 14.4 Å². The first kappa shape index (κ1) is 16.5. The van der Waals surface area contributed by atoms with E-state index in [0.29, 0.717) is 24.9 Å². The molecule has 0 aliphatic carbocycles. The molecule has 7 heteroatoms. The van der Waals surface area contributed by atoms with Crippen molar-refractivity contribution in [2.24, 2.45) is 11.5 Å². The number of hydrogen-bond donors (Lipinski definition) is 4. The number of urea groups is 1. The number of carbonyl (C=O) groups excluding carboxylic acids is 3. The van der Waals surface area contributed by atoms with Crippen LogP contribution in [0.15, 0.2) is 30.3 Å². The van der Waals surface area contributed by atoms with Crippen molar-refractivity contribution in [1.82, 2.24) is 5.32 Å². The van der Waals surface area contributed by atoms with Crippen LogP contribution in [0.5, 0.6) is 0 Å². The van der Waals surface area contributed by atoms with Gasteiger partial charge in [0.05, 0.1) is 0 Å². The molecule has 0 radical (unpaired) electrons. The van der Waals surface area contributed by atoms with Crippen molar-refractivity contribution in [2.75, 3.05) is 5.32 Å². The van der Waals surface area contributed by atoms with Gasteiger partial charge in [-0.3, -0.25) is 9.59 Å². The third kappa shape index (κ3) is 6.95. The maximum Gasteiger partial charge on any atom is 0.319 e. The van der Waals surface area contributed by atoms with Crippen LogP contribution < -0.4 is 22.1 Å². The standard InChI is InChI=1S/C14H20N4O3/c15-12(19)9-5-4-8-11(13(16)20)18-14(21)17-10-6-2-1-3-7-10/h1-3,6-7,11H,4-5,8-9H2,(H2,15,19)(H2,16,20)(H2,17,18,21). The lowest BCUT2D eigenvalue weighted by molar-refractivity contribution is -0.120. The van der Waals surface area contributed by atoms with Gasteiger partial charge in [-0.25, -0.2) is 4.79 Å². The van der Waals surface area contributed by atoms with E-state index >= 15 is 0 Å². The van der Waals surface area contributed by atoms with Gasteiger partial charge in [-0.2, -0.15) is 0 Å². The first-order chi connectivity index (χ1) is 9.99. The number of hydrogen-bond acceptors (Lipinski definition) is 3. The quantitative estimate of drug-likeness (QED) is 0.527. The molecule has 4 amide bonds. The van der Waals surface area contributed by atoms with Gasteiger partial charge in [0, 0.05) is 12.1 Å². The van der Waals surface area contributed by atoms with E-state index in [9.17, 15) is 14.4 Å².